The van der Waals surface area contributed by atoms with E-state index >= 15 is 0 Å². The molecule has 0 spiro atoms. The quantitative estimate of drug-likeness (QED) is 0.613. The van der Waals surface area contributed by atoms with Crippen molar-refractivity contribution < 1.29 is 14.3 Å². The van der Waals surface area contributed by atoms with Gasteiger partial charge >= 0.3 is 0 Å². The summed E-state index contributed by atoms with van der Waals surface area (Å²) in [6, 6.07) is 12.1. The van der Waals surface area contributed by atoms with Crippen LogP contribution in [-0.4, -0.2) is 28.0 Å². The minimum absolute atomic E-state index is 0.162. The second kappa shape index (κ2) is 9.21. The number of fused-ring (bicyclic) bond motifs is 1. The van der Waals surface area contributed by atoms with Crippen LogP contribution in [0, 0.1) is 12.3 Å². The van der Waals surface area contributed by atoms with Crippen LogP contribution in [0.4, 0.5) is 11.4 Å². The molecule has 0 aliphatic rings. The van der Waals surface area contributed by atoms with Crippen LogP contribution in [0.25, 0.3) is 10.9 Å². The van der Waals surface area contributed by atoms with Gasteiger partial charge in [-0.05, 0) is 44.2 Å². The molecule has 1 aromatic heterocycles. The third-order valence-electron chi connectivity index (χ3n) is 4.85. The van der Waals surface area contributed by atoms with Crippen LogP contribution >= 0.6 is 0 Å². The molecule has 0 saturated carbocycles. The number of para-hydroxylation sites is 2. The zero-order chi connectivity index (χ0) is 23.5. The van der Waals surface area contributed by atoms with Gasteiger partial charge in [0.05, 0.1) is 23.2 Å². The summed E-state index contributed by atoms with van der Waals surface area (Å²) < 4.78 is 6.85. The van der Waals surface area contributed by atoms with Crippen molar-refractivity contribution in [2.24, 2.45) is 5.41 Å². The highest BCUT2D eigenvalue weighted by atomic mass is 16.5. The van der Waals surface area contributed by atoms with Crippen molar-refractivity contribution in [1.29, 1.82) is 0 Å². The second-order valence-electron chi connectivity index (χ2n) is 8.46. The Morgan fingerprint density at radius 2 is 1.81 bits per heavy atom. The fourth-order valence-electron chi connectivity index (χ4n) is 3.10. The van der Waals surface area contributed by atoms with Crippen molar-refractivity contribution in [1.82, 2.24) is 9.55 Å². The lowest BCUT2D eigenvalue weighted by Crippen LogP contribution is -2.30. The molecule has 3 aromatic rings. The summed E-state index contributed by atoms with van der Waals surface area (Å²) in [6.45, 7) is 9.23. The first kappa shape index (κ1) is 23.0. The number of amides is 2. The molecule has 2 aromatic carbocycles. The molecular formula is C24H28N4O4. The molecule has 1 heterocycles. The summed E-state index contributed by atoms with van der Waals surface area (Å²) in [4.78, 5) is 42.6. The highest BCUT2D eigenvalue weighted by Crippen LogP contribution is 2.24. The standard InChI is InChI=1S/C24H28N4O4/c1-6-32-20-10-8-7-9-19(20)27-21(29)14-28-15(2)25-18-12-11-16(13-17(18)22(28)30)26-23(31)24(3,4)5/h7-13H,6,14H2,1-5H3,(H,26,31)(H,27,29). The van der Waals surface area contributed by atoms with Gasteiger partial charge in [0, 0.05) is 11.1 Å². The van der Waals surface area contributed by atoms with Crippen molar-refractivity contribution in [2.75, 3.05) is 17.2 Å². The maximum Gasteiger partial charge on any atom is 0.261 e. The molecule has 0 saturated heterocycles. The van der Waals surface area contributed by atoms with Gasteiger partial charge in [-0.3, -0.25) is 19.0 Å². The van der Waals surface area contributed by atoms with Crippen LogP contribution in [0.3, 0.4) is 0 Å². The number of carbonyl (C=O) groups is 2. The highest BCUT2D eigenvalue weighted by molar-refractivity contribution is 5.96. The van der Waals surface area contributed by atoms with Gasteiger partial charge in [-0.2, -0.15) is 0 Å². The normalized spacial score (nSPS) is 11.3. The van der Waals surface area contributed by atoms with Crippen molar-refractivity contribution in [3.05, 3.63) is 58.6 Å². The van der Waals surface area contributed by atoms with Crippen LogP contribution in [0.2, 0.25) is 0 Å². The maximum absolute atomic E-state index is 13.1. The number of anilines is 2. The Balaban J connectivity index is 1.89. The van der Waals surface area contributed by atoms with Crippen molar-refractivity contribution in [3.63, 3.8) is 0 Å². The predicted octanol–water partition coefficient (Wildman–Crippen LogP) is 3.73. The topological polar surface area (TPSA) is 102 Å². The van der Waals surface area contributed by atoms with E-state index in [-0.39, 0.29) is 23.9 Å². The minimum atomic E-state index is -0.573. The molecule has 0 fully saturated rings. The Morgan fingerprint density at radius 3 is 2.50 bits per heavy atom. The number of rotatable bonds is 6. The van der Waals surface area contributed by atoms with Gasteiger partial charge in [0.15, 0.2) is 0 Å². The number of carbonyl (C=O) groups excluding carboxylic acids is 2. The van der Waals surface area contributed by atoms with Crippen LogP contribution in [0.15, 0.2) is 47.3 Å². The van der Waals surface area contributed by atoms with E-state index in [0.717, 1.165) is 0 Å². The number of nitrogens with one attached hydrogen (secondary N) is 2. The first-order valence-electron chi connectivity index (χ1n) is 10.4. The van der Waals surface area contributed by atoms with Gasteiger partial charge in [0.1, 0.15) is 18.1 Å². The zero-order valence-electron chi connectivity index (χ0n) is 19.0. The van der Waals surface area contributed by atoms with E-state index in [0.29, 0.717) is 40.5 Å². The first-order valence-corrected chi connectivity index (χ1v) is 10.4. The number of hydrogen-bond donors (Lipinski definition) is 2. The van der Waals surface area contributed by atoms with Crippen LogP contribution < -0.4 is 20.9 Å². The van der Waals surface area contributed by atoms with Gasteiger partial charge in [0.2, 0.25) is 11.8 Å². The summed E-state index contributed by atoms with van der Waals surface area (Å²) in [5, 5.41) is 5.93. The van der Waals surface area contributed by atoms with E-state index in [9.17, 15) is 14.4 Å². The molecule has 32 heavy (non-hydrogen) atoms. The monoisotopic (exact) mass is 436 g/mol. The van der Waals surface area contributed by atoms with Gasteiger partial charge in [-0.1, -0.05) is 32.9 Å². The molecule has 8 nitrogen and oxygen atoms in total. The summed E-state index contributed by atoms with van der Waals surface area (Å²) >= 11 is 0. The molecule has 2 N–H and O–H groups in total. The Hall–Kier alpha value is -3.68. The molecule has 0 radical (unpaired) electrons. The molecule has 8 heteroatoms. The molecule has 2 amide bonds. The van der Waals surface area contributed by atoms with Gasteiger partial charge < -0.3 is 15.4 Å². The molecule has 0 aliphatic carbocycles. The summed E-state index contributed by atoms with van der Waals surface area (Å²) in [7, 11) is 0. The Kier molecular flexibility index (Phi) is 6.62. The molecular weight excluding hydrogens is 408 g/mol. The number of aryl methyl sites for hydroxylation is 1. The van der Waals surface area contributed by atoms with Crippen molar-refractivity contribution >= 4 is 34.1 Å². The number of nitrogens with zero attached hydrogens (tertiary/aromatic N) is 2. The molecule has 0 atom stereocenters. The third-order valence-corrected chi connectivity index (χ3v) is 4.85. The summed E-state index contributed by atoms with van der Waals surface area (Å²) in [5.41, 5.74) is 0.608. The average molecular weight is 437 g/mol. The van der Waals surface area contributed by atoms with E-state index in [1.54, 1.807) is 43.3 Å². The van der Waals surface area contributed by atoms with Crippen LogP contribution in [0.1, 0.15) is 33.5 Å². The van der Waals surface area contributed by atoms with E-state index in [2.05, 4.69) is 15.6 Å². The first-order chi connectivity index (χ1) is 15.1. The van der Waals surface area contributed by atoms with E-state index < -0.39 is 5.41 Å². The Labute approximate surface area is 186 Å². The lowest BCUT2D eigenvalue weighted by molar-refractivity contribution is -0.123. The predicted molar refractivity (Wildman–Crippen MR) is 125 cm³/mol. The Bertz CT molecular complexity index is 1220. The van der Waals surface area contributed by atoms with Crippen molar-refractivity contribution in [2.45, 2.75) is 41.2 Å². The minimum Gasteiger partial charge on any atom is -0.492 e. The maximum atomic E-state index is 13.1. The fraction of sp³-hybridized carbons (Fsp3) is 0.333. The van der Waals surface area contributed by atoms with Crippen LogP contribution in [0.5, 0.6) is 5.75 Å². The van der Waals surface area contributed by atoms with E-state index in [1.165, 1.54) is 4.57 Å². The van der Waals surface area contributed by atoms with Gasteiger partial charge in [-0.25, -0.2) is 4.98 Å². The van der Waals surface area contributed by atoms with Gasteiger partial charge in [-0.15, -0.1) is 0 Å². The van der Waals surface area contributed by atoms with E-state index in [4.69, 9.17) is 4.74 Å². The van der Waals surface area contributed by atoms with Crippen molar-refractivity contribution in [3.8, 4) is 5.75 Å². The largest absolute Gasteiger partial charge is 0.492 e. The lowest BCUT2D eigenvalue weighted by Gasteiger charge is -2.18. The Morgan fingerprint density at radius 1 is 1.09 bits per heavy atom. The molecule has 0 bridgehead atoms. The number of hydrogen-bond acceptors (Lipinski definition) is 5. The molecule has 3 rings (SSSR count). The number of benzene rings is 2. The second-order valence-corrected chi connectivity index (χ2v) is 8.46. The molecule has 0 aliphatic heterocycles. The summed E-state index contributed by atoms with van der Waals surface area (Å²) in [6.07, 6.45) is 0. The van der Waals surface area contributed by atoms with Gasteiger partial charge in [0.25, 0.3) is 5.56 Å². The zero-order valence-corrected chi connectivity index (χ0v) is 19.0. The summed E-state index contributed by atoms with van der Waals surface area (Å²) in [5.74, 6) is 0.441. The highest BCUT2D eigenvalue weighted by Gasteiger charge is 2.21. The fourth-order valence-corrected chi connectivity index (χ4v) is 3.10. The SMILES string of the molecule is CCOc1ccccc1NC(=O)Cn1c(C)nc2ccc(NC(=O)C(C)(C)C)cc2c1=O. The lowest BCUT2D eigenvalue weighted by atomic mass is 9.95. The molecule has 0 unspecified atom stereocenters. The average Bonchev–Trinajstić information content (AvgIpc) is 2.72. The smallest absolute Gasteiger partial charge is 0.261 e. The van der Waals surface area contributed by atoms with Crippen LogP contribution in [-0.2, 0) is 16.1 Å². The number of ether oxygens (including phenoxy) is 1. The third kappa shape index (κ3) is 5.14. The number of aromatic nitrogens is 2. The molecule has 168 valence electrons. The van der Waals surface area contributed by atoms with E-state index in [1.807, 2.05) is 33.8 Å².